The molecule has 94 valence electrons. The van der Waals surface area contributed by atoms with Gasteiger partial charge in [-0.05, 0) is 26.1 Å². The number of nitrogens with zero attached hydrogens (tertiary/aromatic N) is 2. The number of hydrogen-bond acceptors (Lipinski definition) is 4. The fraction of sp³-hybridized carbons (Fsp3) is 0.500. The van der Waals surface area contributed by atoms with Gasteiger partial charge < -0.3 is 4.74 Å². The maximum atomic E-state index is 11.2. The van der Waals surface area contributed by atoms with E-state index in [-0.39, 0.29) is 10.8 Å². The van der Waals surface area contributed by atoms with Crippen LogP contribution in [-0.4, -0.2) is 41.4 Å². The molecule has 17 heavy (non-hydrogen) atoms. The zero-order valence-corrected chi connectivity index (χ0v) is 11.9. The van der Waals surface area contributed by atoms with E-state index in [0.29, 0.717) is 13.1 Å². The third-order valence-electron chi connectivity index (χ3n) is 2.31. The van der Waals surface area contributed by atoms with Crippen LogP contribution in [0.5, 0.6) is 0 Å². The number of carbonyl (C=O) groups is 1. The summed E-state index contributed by atoms with van der Waals surface area (Å²) in [5.41, 5.74) is 2.00. The molecule has 0 aliphatic carbocycles. The Morgan fingerprint density at radius 3 is 2.88 bits per heavy atom. The second kappa shape index (κ2) is 6.71. The van der Waals surface area contributed by atoms with Gasteiger partial charge in [0, 0.05) is 18.8 Å². The molecule has 0 N–H and O–H groups in total. The fourth-order valence-corrected chi connectivity index (χ4v) is 2.19. The number of pyridine rings is 1. The number of rotatable bonds is 5. The van der Waals surface area contributed by atoms with E-state index in [1.165, 1.54) is 7.11 Å². The van der Waals surface area contributed by atoms with Crippen molar-refractivity contribution in [3.05, 3.63) is 29.6 Å². The predicted octanol–water partition coefficient (Wildman–Crippen LogP) is 1.76. The Hall–Kier alpha value is -0.940. The van der Waals surface area contributed by atoms with Crippen LogP contribution in [0.15, 0.2) is 18.2 Å². The van der Waals surface area contributed by atoms with Gasteiger partial charge in [-0.15, -0.1) is 0 Å². The van der Waals surface area contributed by atoms with Crippen LogP contribution >= 0.6 is 15.9 Å². The minimum absolute atomic E-state index is 0.256. The molecule has 0 fully saturated rings. The van der Waals surface area contributed by atoms with E-state index in [1.54, 1.807) is 0 Å². The van der Waals surface area contributed by atoms with Crippen LogP contribution < -0.4 is 0 Å². The number of ether oxygens (including phenoxy) is 1. The zero-order valence-electron chi connectivity index (χ0n) is 10.3. The first-order valence-electron chi connectivity index (χ1n) is 5.36. The average Bonchev–Trinajstić information content (AvgIpc) is 2.27. The Bertz CT molecular complexity index is 385. The third kappa shape index (κ3) is 4.83. The Balaban J connectivity index is 2.49. The molecule has 0 spiro atoms. The molecule has 1 aromatic heterocycles. The van der Waals surface area contributed by atoms with E-state index in [4.69, 9.17) is 0 Å². The largest absolute Gasteiger partial charge is 0.468 e. The van der Waals surface area contributed by atoms with Crippen molar-refractivity contribution in [2.45, 2.75) is 18.3 Å². The molecule has 5 heteroatoms. The first kappa shape index (κ1) is 14.1. The van der Waals surface area contributed by atoms with Gasteiger partial charge in [-0.3, -0.25) is 14.7 Å². The summed E-state index contributed by atoms with van der Waals surface area (Å²) < 4.78 is 4.65. The first-order chi connectivity index (χ1) is 8.02. The average molecular weight is 301 g/mol. The van der Waals surface area contributed by atoms with Crippen LogP contribution in [0.4, 0.5) is 0 Å². The van der Waals surface area contributed by atoms with Crippen LogP contribution in [0, 0.1) is 6.92 Å². The molecule has 1 rings (SSSR count). The molecule has 1 aromatic rings. The Kier molecular flexibility index (Phi) is 5.58. The maximum absolute atomic E-state index is 11.2. The second-order valence-electron chi connectivity index (χ2n) is 3.96. The number of alkyl halides is 1. The summed E-state index contributed by atoms with van der Waals surface area (Å²) in [6, 6.07) is 5.92. The van der Waals surface area contributed by atoms with Crippen LogP contribution in [-0.2, 0) is 16.1 Å². The lowest BCUT2D eigenvalue weighted by Gasteiger charge is -2.18. The lowest BCUT2D eigenvalue weighted by molar-refractivity contribution is -0.140. The van der Waals surface area contributed by atoms with Crippen molar-refractivity contribution in [2.24, 2.45) is 0 Å². The molecule has 0 aliphatic heterocycles. The molecule has 1 heterocycles. The van der Waals surface area contributed by atoms with E-state index < -0.39 is 0 Å². The number of halogens is 1. The number of esters is 1. The highest BCUT2D eigenvalue weighted by Crippen LogP contribution is 2.07. The van der Waals surface area contributed by atoms with E-state index in [1.807, 2.05) is 37.1 Å². The number of aromatic nitrogens is 1. The van der Waals surface area contributed by atoms with Crippen molar-refractivity contribution in [3.63, 3.8) is 0 Å². The van der Waals surface area contributed by atoms with Crippen molar-refractivity contribution in [1.82, 2.24) is 9.88 Å². The van der Waals surface area contributed by atoms with Crippen LogP contribution in [0.3, 0.4) is 0 Å². The van der Waals surface area contributed by atoms with Gasteiger partial charge in [-0.2, -0.15) is 0 Å². The van der Waals surface area contributed by atoms with Gasteiger partial charge in [0.05, 0.1) is 12.8 Å². The number of methoxy groups -OCH3 is 1. The van der Waals surface area contributed by atoms with Crippen molar-refractivity contribution in [1.29, 1.82) is 0 Å². The quantitative estimate of drug-likeness (QED) is 0.614. The van der Waals surface area contributed by atoms with E-state index in [0.717, 1.165) is 11.4 Å². The Morgan fingerprint density at radius 2 is 2.29 bits per heavy atom. The van der Waals surface area contributed by atoms with Gasteiger partial charge in [-0.25, -0.2) is 0 Å². The highest BCUT2D eigenvalue weighted by atomic mass is 79.9. The molecule has 0 aromatic carbocycles. The molecule has 0 aliphatic rings. The third-order valence-corrected chi connectivity index (χ3v) is 2.97. The predicted molar refractivity (Wildman–Crippen MR) is 70.0 cm³/mol. The van der Waals surface area contributed by atoms with Gasteiger partial charge in [0.2, 0.25) is 0 Å². The van der Waals surface area contributed by atoms with Gasteiger partial charge in [-0.1, -0.05) is 22.0 Å². The standard InChI is InChI=1S/C12H17BrN2O2/c1-9-5-4-6-10(14-9)7-15(2)8-11(13)12(16)17-3/h4-6,11H,7-8H2,1-3H3. The highest BCUT2D eigenvalue weighted by molar-refractivity contribution is 9.10. The molecular weight excluding hydrogens is 284 g/mol. The van der Waals surface area contributed by atoms with E-state index in [2.05, 4.69) is 25.7 Å². The Morgan fingerprint density at radius 1 is 1.59 bits per heavy atom. The van der Waals surface area contributed by atoms with E-state index in [9.17, 15) is 4.79 Å². The summed E-state index contributed by atoms with van der Waals surface area (Å²) in [5, 5.41) is 0. The molecule has 1 atom stereocenters. The zero-order chi connectivity index (χ0) is 12.8. The molecule has 0 saturated carbocycles. The normalized spacial score (nSPS) is 12.5. The summed E-state index contributed by atoms with van der Waals surface area (Å²) in [4.78, 5) is 17.4. The van der Waals surface area contributed by atoms with Gasteiger partial charge >= 0.3 is 5.97 Å². The lowest BCUT2D eigenvalue weighted by atomic mass is 10.3. The minimum Gasteiger partial charge on any atom is -0.468 e. The van der Waals surface area contributed by atoms with Crippen LogP contribution in [0.25, 0.3) is 0 Å². The SMILES string of the molecule is COC(=O)C(Br)CN(C)Cc1cccc(C)n1. The number of aryl methyl sites for hydroxylation is 1. The summed E-state index contributed by atoms with van der Waals surface area (Å²) in [6.45, 7) is 3.26. The first-order valence-corrected chi connectivity index (χ1v) is 6.27. The van der Waals surface area contributed by atoms with Gasteiger partial charge in [0.15, 0.2) is 0 Å². The smallest absolute Gasteiger partial charge is 0.320 e. The van der Waals surface area contributed by atoms with Gasteiger partial charge in [0.1, 0.15) is 4.83 Å². The summed E-state index contributed by atoms with van der Waals surface area (Å²) >= 11 is 3.30. The number of hydrogen-bond donors (Lipinski definition) is 0. The molecule has 0 saturated heterocycles. The minimum atomic E-state index is -0.303. The summed E-state index contributed by atoms with van der Waals surface area (Å²) in [6.07, 6.45) is 0. The molecule has 1 unspecified atom stereocenters. The monoisotopic (exact) mass is 300 g/mol. The molecule has 0 bridgehead atoms. The maximum Gasteiger partial charge on any atom is 0.320 e. The fourth-order valence-electron chi connectivity index (χ4n) is 1.50. The van der Waals surface area contributed by atoms with Crippen molar-refractivity contribution in [3.8, 4) is 0 Å². The van der Waals surface area contributed by atoms with Gasteiger partial charge in [0.25, 0.3) is 0 Å². The molecule has 0 radical (unpaired) electrons. The molecule has 4 nitrogen and oxygen atoms in total. The Labute approximate surface area is 110 Å². The van der Waals surface area contributed by atoms with Crippen molar-refractivity contribution < 1.29 is 9.53 Å². The lowest BCUT2D eigenvalue weighted by Crippen LogP contribution is -2.31. The summed E-state index contributed by atoms with van der Waals surface area (Å²) in [5.74, 6) is -0.256. The van der Waals surface area contributed by atoms with Crippen molar-refractivity contribution in [2.75, 3.05) is 20.7 Å². The topological polar surface area (TPSA) is 42.4 Å². The molecular formula is C12H17BrN2O2. The summed E-state index contributed by atoms with van der Waals surface area (Å²) in [7, 11) is 3.33. The van der Waals surface area contributed by atoms with Crippen LogP contribution in [0.2, 0.25) is 0 Å². The van der Waals surface area contributed by atoms with Crippen LogP contribution in [0.1, 0.15) is 11.4 Å². The highest BCUT2D eigenvalue weighted by Gasteiger charge is 2.17. The van der Waals surface area contributed by atoms with Crippen molar-refractivity contribution >= 4 is 21.9 Å². The van der Waals surface area contributed by atoms with E-state index >= 15 is 0 Å². The molecule has 0 amide bonds. The second-order valence-corrected chi connectivity index (χ2v) is 5.06. The number of carbonyl (C=O) groups excluding carboxylic acids is 1.